The van der Waals surface area contributed by atoms with E-state index in [-0.39, 0.29) is 5.75 Å². The van der Waals surface area contributed by atoms with Gasteiger partial charge >= 0.3 is 0 Å². The molecule has 1 heterocycles. The Hall–Kier alpha value is -1.27. The molecule has 24 heavy (non-hydrogen) atoms. The maximum atomic E-state index is 10.2. The van der Waals surface area contributed by atoms with Crippen LogP contribution in [0.3, 0.4) is 0 Å². The minimum Gasteiger partial charge on any atom is -0.506 e. The van der Waals surface area contributed by atoms with E-state index in [4.69, 9.17) is 12.2 Å². The van der Waals surface area contributed by atoms with Gasteiger partial charge in [0.1, 0.15) is 5.75 Å². The molecule has 5 nitrogen and oxygen atoms in total. The molecule has 2 N–H and O–H groups in total. The Labute approximate surface area is 171 Å². The fourth-order valence-electron chi connectivity index (χ4n) is 2.20. The highest BCUT2D eigenvalue weighted by Crippen LogP contribution is 2.26. The maximum Gasteiger partial charge on any atom is 0.216 e. The summed E-state index contributed by atoms with van der Waals surface area (Å²) >= 11 is 9.58. The zero-order valence-corrected chi connectivity index (χ0v) is 17.6. The van der Waals surface area contributed by atoms with E-state index in [0.29, 0.717) is 16.2 Å². The molecule has 0 unspecified atom stereocenters. The summed E-state index contributed by atoms with van der Waals surface area (Å²) in [7, 11) is 0. The average Bonchev–Trinajstić information content (AvgIpc) is 2.90. The van der Waals surface area contributed by atoms with Gasteiger partial charge in [-0.05, 0) is 82.0 Å². The Kier molecular flexibility index (Phi) is 5.35. The first-order valence-electron chi connectivity index (χ1n) is 6.93. The van der Waals surface area contributed by atoms with Crippen LogP contribution in [-0.4, -0.2) is 26.2 Å². The number of aromatic amines is 1. The molecule has 2 aromatic carbocycles. The molecule has 0 saturated heterocycles. The summed E-state index contributed by atoms with van der Waals surface area (Å²) in [6.07, 6.45) is 1.59. The number of H-pyrrole nitrogens is 1. The van der Waals surface area contributed by atoms with Crippen molar-refractivity contribution in [2.75, 3.05) is 0 Å². The number of halogens is 2. The number of nitrogens with one attached hydrogen (secondary N) is 1. The van der Waals surface area contributed by atoms with Crippen LogP contribution in [0.15, 0.2) is 41.5 Å². The molecule has 0 saturated carbocycles. The topological polar surface area (TPSA) is 66.2 Å². The molecule has 0 radical (unpaired) electrons. The van der Waals surface area contributed by atoms with E-state index in [0.717, 1.165) is 18.3 Å². The molecule has 3 rings (SSSR count). The third-order valence-electron chi connectivity index (χ3n) is 3.41. The second-order valence-electron chi connectivity index (χ2n) is 5.05. The van der Waals surface area contributed by atoms with Crippen LogP contribution in [0.25, 0.3) is 11.4 Å². The lowest BCUT2D eigenvalue weighted by Gasteiger charge is -2.05. The van der Waals surface area contributed by atoms with Gasteiger partial charge in [0, 0.05) is 14.7 Å². The number of aromatic nitrogens is 3. The van der Waals surface area contributed by atoms with Crippen molar-refractivity contribution >= 4 is 63.6 Å². The van der Waals surface area contributed by atoms with Crippen LogP contribution in [-0.2, 0) is 0 Å². The molecule has 0 fully saturated rings. The Morgan fingerprint density at radius 1 is 1.29 bits per heavy atom. The molecule has 0 aliphatic rings. The van der Waals surface area contributed by atoms with Gasteiger partial charge in [-0.1, -0.05) is 24.3 Å². The van der Waals surface area contributed by atoms with E-state index in [1.54, 1.807) is 10.9 Å². The number of phenols is 1. The predicted molar refractivity (Wildman–Crippen MR) is 114 cm³/mol. The molecule has 0 aliphatic carbocycles. The van der Waals surface area contributed by atoms with Gasteiger partial charge in [-0.3, -0.25) is 0 Å². The van der Waals surface area contributed by atoms with Crippen LogP contribution >= 0.6 is 57.4 Å². The first-order chi connectivity index (χ1) is 11.5. The van der Waals surface area contributed by atoms with Gasteiger partial charge in [-0.15, -0.1) is 0 Å². The zero-order chi connectivity index (χ0) is 17.3. The van der Waals surface area contributed by atoms with Gasteiger partial charge in [-0.25, -0.2) is 5.10 Å². The smallest absolute Gasteiger partial charge is 0.216 e. The molecular formula is C16H12I2N4OS. The van der Waals surface area contributed by atoms with E-state index in [1.165, 1.54) is 0 Å². The third kappa shape index (κ3) is 3.54. The minimum absolute atomic E-state index is 0.201. The second-order valence-corrected chi connectivity index (χ2v) is 7.84. The number of phenolic OH excluding ortho intramolecular Hbond substituents is 1. The van der Waals surface area contributed by atoms with Crippen molar-refractivity contribution in [3.8, 4) is 17.1 Å². The van der Waals surface area contributed by atoms with Crippen LogP contribution in [0, 0.1) is 18.8 Å². The van der Waals surface area contributed by atoms with Crippen LogP contribution < -0.4 is 0 Å². The fourth-order valence-corrected chi connectivity index (χ4v) is 4.27. The minimum atomic E-state index is 0.201. The average molecular weight is 562 g/mol. The summed E-state index contributed by atoms with van der Waals surface area (Å²) in [5.74, 6) is 0.835. The largest absolute Gasteiger partial charge is 0.506 e. The molecule has 122 valence electrons. The third-order valence-corrected chi connectivity index (χ3v) is 5.12. The summed E-state index contributed by atoms with van der Waals surface area (Å²) in [5, 5.41) is 21.7. The molecule has 0 atom stereocenters. The number of rotatable bonds is 3. The maximum absolute atomic E-state index is 10.2. The number of aromatic hydroxyl groups is 1. The quantitative estimate of drug-likeness (QED) is 0.276. The summed E-state index contributed by atoms with van der Waals surface area (Å²) in [5.41, 5.74) is 2.66. The van der Waals surface area contributed by atoms with Crippen LogP contribution in [0.1, 0.15) is 11.1 Å². The first kappa shape index (κ1) is 17.5. The summed E-state index contributed by atoms with van der Waals surface area (Å²) in [6.45, 7) is 2.01. The molecule has 0 amide bonds. The van der Waals surface area contributed by atoms with Gasteiger partial charge in [0.25, 0.3) is 0 Å². The van der Waals surface area contributed by atoms with E-state index in [1.807, 2.05) is 43.3 Å². The molecular weight excluding hydrogens is 550 g/mol. The number of benzene rings is 2. The van der Waals surface area contributed by atoms with Gasteiger partial charge in [0.15, 0.2) is 5.82 Å². The van der Waals surface area contributed by atoms with E-state index in [2.05, 4.69) is 60.5 Å². The number of hydrogen-bond acceptors (Lipinski definition) is 4. The lowest BCUT2D eigenvalue weighted by atomic mass is 10.1. The van der Waals surface area contributed by atoms with Crippen molar-refractivity contribution < 1.29 is 5.11 Å². The fraction of sp³-hybridized carbons (Fsp3) is 0.0625. The number of hydrogen-bond donors (Lipinski definition) is 2. The van der Waals surface area contributed by atoms with Crippen molar-refractivity contribution in [2.45, 2.75) is 6.92 Å². The lowest BCUT2D eigenvalue weighted by molar-refractivity contribution is 0.470. The second kappa shape index (κ2) is 7.31. The van der Waals surface area contributed by atoms with Gasteiger partial charge in [0.05, 0.1) is 9.78 Å². The highest BCUT2D eigenvalue weighted by atomic mass is 127. The first-order valence-corrected chi connectivity index (χ1v) is 9.49. The Bertz CT molecular complexity index is 994. The summed E-state index contributed by atoms with van der Waals surface area (Å²) < 4.78 is 3.75. The van der Waals surface area contributed by atoms with Gasteiger partial charge < -0.3 is 5.11 Å². The summed E-state index contributed by atoms with van der Waals surface area (Å²) in [4.78, 5) is 0. The molecule has 8 heteroatoms. The van der Waals surface area contributed by atoms with Gasteiger partial charge in [0.2, 0.25) is 4.77 Å². The van der Waals surface area contributed by atoms with Gasteiger partial charge in [-0.2, -0.15) is 14.9 Å². The standard InChI is InChI=1S/C16H12I2N4OS/c1-9-4-2-3-5-12(9)15-20-21-16(24)22(15)19-8-10-6-11(17)7-13(18)14(10)23/h2-8,23H,1H3,(H,21,24). The number of nitrogens with zero attached hydrogens (tertiary/aromatic N) is 3. The SMILES string of the molecule is Cc1ccccc1-c1n[nH]c(=S)n1N=Cc1cc(I)cc(I)c1O. The van der Waals surface area contributed by atoms with Crippen molar-refractivity contribution in [1.29, 1.82) is 0 Å². The zero-order valence-electron chi connectivity index (χ0n) is 12.5. The normalized spacial score (nSPS) is 11.3. The highest BCUT2D eigenvalue weighted by molar-refractivity contribution is 14.1. The van der Waals surface area contributed by atoms with E-state index >= 15 is 0 Å². The van der Waals surface area contributed by atoms with Crippen LogP contribution in [0.5, 0.6) is 5.75 Å². The van der Waals surface area contributed by atoms with Crippen molar-refractivity contribution in [2.24, 2.45) is 5.10 Å². The lowest BCUT2D eigenvalue weighted by Crippen LogP contribution is -1.97. The predicted octanol–water partition coefficient (Wildman–Crippen LogP) is 4.71. The molecule has 0 bridgehead atoms. The van der Waals surface area contributed by atoms with Crippen molar-refractivity contribution in [3.63, 3.8) is 0 Å². The molecule has 0 spiro atoms. The number of aryl methyl sites for hydroxylation is 1. The Morgan fingerprint density at radius 2 is 2.04 bits per heavy atom. The monoisotopic (exact) mass is 562 g/mol. The van der Waals surface area contributed by atoms with E-state index < -0.39 is 0 Å². The highest BCUT2D eigenvalue weighted by Gasteiger charge is 2.11. The summed E-state index contributed by atoms with van der Waals surface area (Å²) in [6, 6.07) is 11.7. The van der Waals surface area contributed by atoms with Crippen molar-refractivity contribution in [1.82, 2.24) is 14.9 Å². The van der Waals surface area contributed by atoms with Crippen LogP contribution in [0.2, 0.25) is 0 Å². The van der Waals surface area contributed by atoms with Crippen LogP contribution in [0.4, 0.5) is 0 Å². The molecule has 0 aliphatic heterocycles. The van der Waals surface area contributed by atoms with E-state index in [9.17, 15) is 5.11 Å². The van der Waals surface area contributed by atoms with Crippen molar-refractivity contribution in [3.05, 3.63) is 59.4 Å². The molecule has 3 aromatic rings. The molecule has 1 aromatic heterocycles. The Balaban J connectivity index is 2.08. The Morgan fingerprint density at radius 3 is 2.79 bits per heavy atom.